The van der Waals surface area contributed by atoms with Crippen molar-refractivity contribution in [1.29, 1.82) is 0 Å². The monoisotopic (exact) mass is 446 g/mol. The van der Waals surface area contributed by atoms with Crippen LogP contribution in [0.25, 0.3) is 11.1 Å². The number of pyridine rings is 1. The Labute approximate surface area is 188 Å². The molecule has 5 rings (SSSR count). The van der Waals surface area contributed by atoms with Crippen LogP contribution >= 0.6 is 0 Å². The van der Waals surface area contributed by atoms with E-state index in [1.165, 1.54) is 9.80 Å². The molecular weight excluding hydrogens is 428 g/mol. The molecule has 2 amide bonds. The quantitative estimate of drug-likeness (QED) is 0.530. The van der Waals surface area contributed by atoms with Gasteiger partial charge in [-0.15, -0.1) is 5.10 Å². The van der Waals surface area contributed by atoms with E-state index < -0.39 is 18.3 Å². The van der Waals surface area contributed by atoms with Gasteiger partial charge in [0.2, 0.25) is 0 Å². The number of terminal acetylenes is 1. The third-order valence-electron chi connectivity index (χ3n) is 5.27. The van der Waals surface area contributed by atoms with Gasteiger partial charge in [-0.3, -0.25) is 9.80 Å². The highest BCUT2D eigenvalue weighted by Gasteiger charge is 2.34. The van der Waals surface area contributed by atoms with Gasteiger partial charge in [-0.05, 0) is 29.8 Å². The number of carbonyl (C=O) groups is 2. The lowest BCUT2D eigenvalue weighted by Gasteiger charge is -2.17. The van der Waals surface area contributed by atoms with Crippen molar-refractivity contribution in [3.63, 3.8) is 0 Å². The van der Waals surface area contributed by atoms with E-state index >= 15 is 0 Å². The number of hydrogen-bond donors (Lipinski definition) is 0. The molecular formula is C22H18N6O5. The maximum absolute atomic E-state index is 12.5. The van der Waals surface area contributed by atoms with Crippen molar-refractivity contribution >= 4 is 23.7 Å². The molecule has 33 heavy (non-hydrogen) atoms. The fourth-order valence-electron chi connectivity index (χ4n) is 3.73. The Balaban J connectivity index is 1.37. The van der Waals surface area contributed by atoms with Gasteiger partial charge in [0.1, 0.15) is 24.6 Å². The number of cyclic esters (lactones) is 2. The minimum absolute atomic E-state index is 0.307. The molecule has 11 heteroatoms. The van der Waals surface area contributed by atoms with E-state index in [1.807, 2.05) is 12.1 Å². The van der Waals surface area contributed by atoms with Crippen LogP contribution in [-0.4, -0.2) is 58.0 Å². The van der Waals surface area contributed by atoms with Gasteiger partial charge in [0.15, 0.2) is 5.75 Å². The summed E-state index contributed by atoms with van der Waals surface area (Å²) in [4.78, 5) is 31.5. The standard InChI is InChI=1S/C22H18N6O5/c1-2-31-19-11-15(16-4-6-20(23-12-16)27-9-10-32-21(27)29)3-5-18(19)28-14-17(33-22(28)30)13-26-8-7-24-25-26/h1,3-8,11-12,17H,9-10,13-14H2. The molecule has 11 nitrogen and oxygen atoms in total. The van der Waals surface area contributed by atoms with Gasteiger partial charge < -0.3 is 14.2 Å². The first-order chi connectivity index (χ1) is 16.1. The van der Waals surface area contributed by atoms with Crippen LogP contribution in [0.1, 0.15) is 0 Å². The van der Waals surface area contributed by atoms with Crippen LogP contribution in [0.3, 0.4) is 0 Å². The summed E-state index contributed by atoms with van der Waals surface area (Å²) in [6.45, 7) is 1.49. The smallest absolute Gasteiger partial charge is 0.415 e. The lowest BCUT2D eigenvalue weighted by molar-refractivity contribution is 0.129. The normalized spacial score (nSPS) is 17.6. The van der Waals surface area contributed by atoms with E-state index in [0.717, 1.165) is 11.1 Å². The van der Waals surface area contributed by atoms with Gasteiger partial charge in [-0.2, -0.15) is 0 Å². The Hall–Kier alpha value is -4.59. The summed E-state index contributed by atoms with van der Waals surface area (Å²) in [5.74, 6) is 0.844. The van der Waals surface area contributed by atoms with Crippen molar-refractivity contribution in [1.82, 2.24) is 20.0 Å². The van der Waals surface area contributed by atoms with Crippen molar-refractivity contribution in [3.8, 4) is 29.4 Å². The second kappa shape index (κ2) is 8.51. The minimum Gasteiger partial charge on any atom is -0.447 e. The van der Waals surface area contributed by atoms with Crippen molar-refractivity contribution < 1.29 is 23.8 Å². The summed E-state index contributed by atoms with van der Waals surface area (Å²) >= 11 is 0. The maximum Gasteiger partial charge on any atom is 0.415 e. The third-order valence-corrected chi connectivity index (χ3v) is 5.27. The second-order valence-corrected chi connectivity index (χ2v) is 7.31. The van der Waals surface area contributed by atoms with E-state index in [2.05, 4.69) is 21.4 Å². The fourth-order valence-corrected chi connectivity index (χ4v) is 3.73. The van der Waals surface area contributed by atoms with E-state index in [-0.39, 0.29) is 0 Å². The van der Waals surface area contributed by atoms with Crippen molar-refractivity contribution in [2.24, 2.45) is 0 Å². The summed E-state index contributed by atoms with van der Waals surface area (Å²) < 4.78 is 17.4. The predicted molar refractivity (Wildman–Crippen MR) is 115 cm³/mol. The first-order valence-electron chi connectivity index (χ1n) is 10.1. The van der Waals surface area contributed by atoms with Crippen LogP contribution in [-0.2, 0) is 16.0 Å². The molecule has 2 aliphatic rings. The van der Waals surface area contributed by atoms with Crippen molar-refractivity contribution in [2.45, 2.75) is 12.6 Å². The third kappa shape index (κ3) is 4.01. The SMILES string of the molecule is C#COc1cc(-c2ccc(N3CCOC3=O)nc2)ccc1N1CC(Cn2ccnn2)OC1=O. The summed E-state index contributed by atoms with van der Waals surface area (Å²) in [6, 6.07) is 8.88. The van der Waals surface area contributed by atoms with E-state index in [0.29, 0.717) is 43.5 Å². The molecule has 1 aromatic carbocycles. The molecule has 1 unspecified atom stereocenters. The van der Waals surface area contributed by atoms with Crippen molar-refractivity contribution in [2.75, 3.05) is 29.5 Å². The highest BCUT2D eigenvalue weighted by Crippen LogP contribution is 2.36. The summed E-state index contributed by atoms with van der Waals surface area (Å²) in [6.07, 6.45) is 11.1. The topological polar surface area (TPSA) is 112 Å². The Kier molecular flexibility index (Phi) is 5.24. The predicted octanol–water partition coefficient (Wildman–Crippen LogP) is 2.29. The zero-order valence-corrected chi connectivity index (χ0v) is 17.3. The number of nitrogens with zero attached hydrogens (tertiary/aromatic N) is 6. The van der Waals surface area contributed by atoms with Gasteiger partial charge in [-0.1, -0.05) is 17.7 Å². The Bertz CT molecular complexity index is 1220. The number of hydrogen-bond acceptors (Lipinski definition) is 8. The summed E-state index contributed by atoms with van der Waals surface area (Å²) in [5.41, 5.74) is 2.05. The number of rotatable bonds is 6. The number of carbonyl (C=O) groups excluding carboxylic acids is 2. The van der Waals surface area contributed by atoms with Gasteiger partial charge in [0.05, 0.1) is 31.5 Å². The lowest BCUT2D eigenvalue weighted by atomic mass is 10.1. The van der Waals surface area contributed by atoms with Crippen LogP contribution in [0.4, 0.5) is 21.1 Å². The number of benzene rings is 1. The first kappa shape index (κ1) is 20.3. The number of aromatic nitrogens is 4. The van der Waals surface area contributed by atoms with E-state index in [4.69, 9.17) is 20.6 Å². The highest BCUT2D eigenvalue weighted by molar-refractivity contribution is 5.92. The molecule has 0 N–H and O–H groups in total. The molecule has 2 aliphatic heterocycles. The van der Waals surface area contributed by atoms with Crippen LogP contribution in [0.2, 0.25) is 0 Å². The minimum atomic E-state index is -0.502. The van der Waals surface area contributed by atoms with Crippen LogP contribution < -0.4 is 14.5 Å². The number of anilines is 2. The van der Waals surface area contributed by atoms with Crippen LogP contribution in [0.15, 0.2) is 48.9 Å². The molecule has 1 atom stereocenters. The molecule has 2 fully saturated rings. The van der Waals surface area contributed by atoms with E-state index in [1.54, 1.807) is 41.5 Å². The van der Waals surface area contributed by atoms with E-state index in [9.17, 15) is 9.59 Å². The zero-order chi connectivity index (χ0) is 22.8. The fraction of sp³-hybridized carbons (Fsp3) is 0.227. The summed E-state index contributed by atoms with van der Waals surface area (Å²) in [7, 11) is 0. The Morgan fingerprint density at radius 1 is 1.15 bits per heavy atom. The lowest BCUT2D eigenvalue weighted by Crippen LogP contribution is -2.26. The van der Waals surface area contributed by atoms with Crippen LogP contribution in [0, 0.1) is 12.5 Å². The van der Waals surface area contributed by atoms with Gasteiger partial charge >= 0.3 is 12.2 Å². The molecule has 0 saturated carbocycles. The average Bonchev–Trinajstić information content (AvgIpc) is 3.57. The number of ether oxygens (including phenoxy) is 3. The molecule has 4 heterocycles. The maximum atomic E-state index is 12.5. The number of amides is 2. The zero-order valence-electron chi connectivity index (χ0n) is 17.3. The molecule has 166 valence electrons. The highest BCUT2D eigenvalue weighted by atomic mass is 16.6. The first-order valence-corrected chi connectivity index (χ1v) is 10.1. The molecule has 0 radical (unpaired) electrons. The molecule has 0 bridgehead atoms. The molecule has 2 saturated heterocycles. The largest absolute Gasteiger partial charge is 0.447 e. The Morgan fingerprint density at radius 3 is 2.73 bits per heavy atom. The van der Waals surface area contributed by atoms with Crippen molar-refractivity contribution in [3.05, 3.63) is 48.9 Å². The molecule has 2 aromatic heterocycles. The summed E-state index contributed by atoms with van der Waals surface area (Å²) in [5, 5.41) is 7.66. The molecule has 0 spiro atoms. The Morgan fingerprint density at radius 2 is 2.03 bits per heavy atom. The second-order valence-electron chi connectivity index (χ2n) is 7.31. The van der Waals surface area contributed by atoms with Gasteiger partial charge in [-0.25, -0.2) is 19.3 Å². The van der Waals surface area contributed by atoms with Crippen LogP contribution in [0.5, 0.6) is 5.75 Å². The average molecular weight is 446 g/mol. The van der Waals surface area contributed by atoms with Gasteiger partial charge in [0, 0.05) is 18.0 Å². The van der Waals surface area contributed by atoms with Gasteiger partial charge in [0.25, 0.3) is 0 Å². The molecule has 3 aromatic rings. The molecule has 0 aliphatic carbocycles.